The first-order chi connectivity index (χ1) is 16.1. The first-order valence-corrected chi connectivity index (χ1v) is 10.9. The quantitative estimate of drug-likeness (QED) is 0.547. The fraction of sp³-hybridized carbons (Fsp3) is 0.269. The molecule has 0 aromatic heterocycles. The molecule has 2 atom stereocenters. The van der Waals surface area contributed by atoms with Gasteiger partial charge in [-0.3, -0.25) is 4.79 Å². The molecular formula is C26H23F2NO4. The maximum Gasteiger partial charge on any atom is 0.256 e. The van der Waals surface area contributed by atoms with E-state index in [4.69, 9.17) is 14.2 Å². The lowest BCUT2D eigenvalue weighted by atomic mass is 9.80. The van der Waals surface area contributed by atoms with Crippen LogP contribution in [0.25, 0.3) is 0 Å². The van der Waals surface area contributed by atoms with Gasteiger partial charge >= 0.3 is 0 Å². The molecule has 0 radical (unpaired) electrons. The molecular weight excluding hydrogens is 428 g/mol. The molecule has 33 heavy (non-hydrogen) atoms. The Balaban J connectivity index is 1.36. The Morgan fingerprint density at radius 1 is 1.00 bits per heavy atom. The summed E-state index contributed by atoms with van der Waals surface area (Å²) in [6, 6.07) is 17.8. The molecule has 5 rings (SSSR count). The fourth-order valence-corrected chi connectivity index (χ4v) is 4.51. The summed E-state index contributed by atoms with van der Waals surface area (Å²) in [4.78, 5) is 14.7. The molecule has 0 spiro atoms. The van der Waals surface area contributed by atoms with E-state index >= 15 is 0 Å². The highest BCUT2D eigenvalue weighted by Gasteiger charge is 2.34. The third-order valence-electron chi connectivity index (χ3n) is 6.23. The Morgan fingerprint density at radius 2 is 1.79 bits per heavy atom. The van der Waals surface area contributed by atoms with Gasteiger partial charge in [-0.25, -0.2) is 8.78 Å². The number of ether oxygens (including phenoxy) is 3. The van der Waals surface area contributed by atoms with Crippen molar-refractivity contribution in [3.8, 4) is 17.2 Å². The largest absolute Gasteiger partial charge is 0.493 e. The maximum atomic E-state index is 14.2. The van der Waals surface area contributed by atoms with Crippen molar-refractivity contribution in [2.45, 2.75) is 12.3 Å². The Kier molecular flexibility index (Phi) is 5.86. The summed E-state index contributed by atoms with van der Waals surface area (Å²) in [5.41, 5.74) is 1.06. The number of nitrogens with zero attached hydrogens (tertiary/aromatic N) is 1. The lowest BCUT2D eigenvalue weighted by Gasteiger charge is -2.39. The molecule has 2 aliphatic heterocycles. The standard InChI is InChI=1S/C26H23F2NO4/c27-19-7-5-17(6-8-19)21-11-12-29(26(30)22-3-1-2-4-23(22)28)14-18(21)15-31-20-9-10-24-25(13-20)33-16-32-24/h1-10,13,18,21H,11-12,14-16H2. The molecule has 3 aromatic rings. The summed E-state index contributed by atoms with van der Waals surface area (Å²) in [5, 5.41) is 0. The zero-order valence-electron chi connectivity index (χ0n) is 17.9. The number of piperidine rings is 1. The molecule has 2 unspecified atom stereocenters. The Labute approximate surface area is 190 Å². The summed E-state index contributed by atoms with van der Waals surface area (Å²) >= 11 is 0. The van der Waals surface area contributed by atoms with Gasteiger partial charge in [0.05, 0.1) is 12.2 Å². The SMILES string of the molecule is O=C(c1ccccc1F)N1CCC(c2ccc(F)cc2)C(COc2ccc3c(c2)OCO3)C1. The molecule has 1 fully saturated rings. The number of likely N-dealkylation sites (tertiary alicyclic amines) is 1. The van der Waals surface area contributed by atoms with Gasteiger partial charge in [0.2, 0.25) is 6.79 Å². The predicted octanol–water partition coefficient (Wildman–Crippen LogP) is 5.02. The van der Waals surface area contributed by atoms with Crippen LogP contribution in [0.3, 0.4) is 0 Å². The van der Waals surface area contributed by atoms with Gasteiger partial charge in [-0.2, -0.15) is 0 Å². The van der Waals surface area contributed by atoms with E-state index in [1.54, 1.807) is 41.3 Å². The highest BCUT2D eigenvalue weighted by Crippen LogP contribution is 2.37. The number of amides is 1. The molecule has 2 heterocycles. The average Bonchev–Trinajstić information content (AvgIpc) is 3.31. The van der Waals surface area contributed by atoms with E-state index in [2.05, 4.69) is 0 Å². The third-order valence-corrected chi connectivity index (χ3v) is 6.23. The number of carbonyl (C=O) groups excluding carboxylic acids is 1. The molecule has 3 aromatic carbocycles. The second kappa shape index (κ2) is 9.10. The van der Waals surface area contributed by atoms with Crippen molar-refractivity contribution >= 4 is 5.91 Å². The Hall–Kier alpha value is -3.61. The first-order valence-electron chi connectivity index (χ1n) is 10.9. The summed E-state index contributed by atoms with van der Waals surface area (Å²) in [7, 11) is 0. The van der Waals surface area contributed by atoms with Gasteiger partial charge < -0.3 is 19.1 Å². The van der Waals surface area contributed by atoms with E-state index in [-0.39, 0.29) is 35.9 Å². The minimum atomic E-state index is -0.531. The number of hydrogen-bond donors (Lipinski definition) is 0. The Morgan fingerprint density at radius 3 is 2.61 bits per heavy atom. The zero-order chi connectivity index (χ0) is 22.8. The first kappa shape index (κ1) is 21.2. The lowest BCUT2D eigenvalue weighted by Crippen LogP contribution is -2.45. The van der Waals surface area contributed by atoms with Crippen molar-refractivity contribution in [3.05, 3.63) is 89.5 Å². The van der Waals surface area contributed by atoms with E-state index in [1.807, 2.05) is 6.07 Å². The smallest absolute Gasteiger partial charge is 0.256 e. The van der Waals surface area contributed by atoms with Crippen molar-refractivity contribution in [2.75, 3.05) is 26.5 Å². The second-order valence-corrected chi connectivity index (χ2v) is 8.26. The van der Waals surface area contributed by atoms with Crippen LogP contribution < -0.4 is 14.2 Å². The molecule has 1 amide bonds. The van der Waals surface area contributed by atoms with Crippen LogP contribution in [0.4, 0.5) is 8.78 Å². The van der Waals surface area contributed by atoms with Crippen LogP contribution in [-0.4, -0.2) is 37.3 Å². The normalized spacial score (nSPS) is 19.4. The highest BCUT2D eigenvalue weighted by atomic mass is 19.1. The van der Waals surface area contributed by atoms with Gasteiger partial charge in [-0.1, -0.05) is 24.3 Å². The van der Waals surface area contributed by atoms with Crippen LogP contribution in [0.5, 0.6) is 17.2 Å². The second-order valence-electron chi connectivity index (χ2n) is 8.26. The van der Waals surface area contributed by atoms with Gasteiger partial charge in [-0.05, 0) is 54.3 Å². The monoisotopic (exact) mass is 451 g/mol. The fourth-order valence-electron chi connectivity index (χ4n) is 4.51. The van der Waals surface area contributed by atoms with Gasteiger partial charge in [-0.15, -0.1) is 0 Å². The average molecular weight is 451 g/mol. The van der Waals surface area contributed by atoms with Crippen molar-refractivity contribution in [2.24, 2.45) is 5.92 Å². The van der Waals surface area contributed by atoms with E-state index in [9.17, 15) is 13.6 Å². The topological polar surface area (TPSA) is 48.0 Å². The predicted molar refractivity (Wildman–Crippen MR) is 118 cm³/mol. The molecule has 0 aliphatic carbocycles. The summed E-state index contributed by atoms with van der Waals surface area (Å²) in [6.45, 7) is 1.40. The van der Waals surface area contributed by atoms with Crippen molar-refractivity contribution in [1.29, 1.82) is 0 Å². The molecule has 5 nitrogen and oxygen atoms in total. The number of halogens is 2. The van der Waals surface area contributed by atoms with Crippen molar-refractivity contribution in [3.63, 3.8) is 0 Å². The molecule has 170 valence electrons. The van der Waals surface area contributed by atoms with Crippen LogP contribution in [0.1, 0.15) is 28.3 Å². The zero-order valence-corrected chi connectivity index (χ0v) is 17.9. The van der Waals surface area contributed by atoms with Crippen LogP contribution in [0, 0.1) is 17.6 Å². The summed E-state index contributed by atoms with van der Waals surface area (Å²) in [6.07, 6.45) is 0.668. The molecule has 7 heteroatoms. The molecule has 0 N–H and O–H groups in total. The molecule has 2 aliphatic rings. The maximum absolute atomic E-state index is 14.2. The summed E-state index contributed by atoms with van der Waals surface area (Å²) in [5.74, 6) is 0.784. The van der Waals surface area contributed by atoms with Crippen LogP contribution in [0.2, 0.25) is 0 Å². The minimum absolute atomic E-state index is 0.0631. The van der Waals surface area contributed by atoms with E-state index < -0.39 is 5.82 Å². The molecule has 0 saturated carbocycles. The number of benzene rings is 3. The van der Waals surface area contributed by atoms with Crippen LogP contribution >= 0.6 is 0 Å². The highest BCUT2D eigenvalue weighted by molar-refractivity contribution is 5.94. The number of rotatable bonds is 5. The van der Waals surface area contributed by atoms with Crippen molar-refractivity contribution in [1.82, 2.24) is 4.90 Å². The van der Waals surface area contributed by atoms with Gasteiger partial charge in [0.1, 0.15) is 17.4 Å². The van der Waals surface area contributed by atoms with Crippen molar-refractivity contribution < 1.29 is 27.8 Å². The molecule has 1 saturated heterocycles. The van der Waals surface area contributed by atoms with Crippen LogP contribution in [0.15, 0.2) is 66.7 Å². The van der Waals surface area contributed by atoms with Gasteiger partial charge in [0.15, 0.2) is 11.5 Å². The number of hydrogen-bond acceptors (Lipinski definition) is 4. The van der Waals surface area contributed by atoms with E-state index in [0.717, 1.165) is 5.56 Å². The lowest BCUT2D eigenvalue weighted by molar-refractivity contribution is 0.0590. The third kappa shape index (κ3) is 4.49. The van der Waals surface area contributed by atoms with Gasteiger partial charge in [0, 0.05) is 25.1 Å². The van der Waals surface area contributed by atoms with E-state index in [1.165, 1.54) is 24.3 Å². The number of carbonyl (C=O) groups is 1. The van der Waals surface area contributed by atoms with E-state index in [0.29, 0.717) is 43.4 Å². The van der Waals surface area contributed by atoms with Crippen LogP contribution in [-0.2, 0) is 0 Å². The Bertz CT molecular complexity index is 1150. The minimum Gasteiger partial charge on any atom is -0.493 e. The number of fused-ring (bicyclic) bond motifs is 1. The molecule has 0 bridgehead atoms. The summed E-state index contributed by atoms with van der Waals surface area (Å²) < 4.78 is 44.5. The van der Waals surface area contributed by atoms with Gasteiger partial charge in [0.25, 0.3) is 5.91 Å².